The number of aliphatic hydroxyl groups is 1. The maximum Gasteiger partial charge on any atom is 0.0896 e. The van der Waals surface area contributed by atoms with Crippen molar-refractivity contribution in [3.8, 4) is 0 Å². The van der Waals surface area contributed by atoms with E-state index in [1.165, 1.54) is 36.8 Å². The van der Waals surface area contributed by atoms with Gasteiger partial charge in [0.05, 0.1) is 5.60 Å². The lowest BCUT2D eigenvalue weighted by atomic mass is 9.78. The zero-order chi connectivity index (χ0) is 13.2. The summed E-state index contributed by atoms with van der Waals surface area (Å²) in [6.45, 7) is 6.32. The van der Waals surface area contributed by atoms with Crippen LogP contribution in [0.5, 0.6) is 0 Å². The fourth-order valence-electron chi connectivity index (χ4n) is 3.37. The van der Waals surface area contributed by atoms with Crippen molar-refractivity contribution >= 4 is 0 Å². The molecule has 0 heterocycles. The lowest BCUT2D eigenvalue weighted by molar-refractivity contribution is -0.00958. The van der Waals surface area contributed by atoms with Gasteiger partial charge in [-0.25, -0.2) is 0 Å². The molecule has 0 fully saturated rings. The van der Waals surface area contributed by atoms with E-state index in [0.717, 1.165) is 18.4 Å². The Labute approximate surface area is 111 Å². The first kappa shape index (κ1) is 13.6. The highest BCUT2D eigenvalue weighted by Gasteiger charge is 2.31. The summed E-state index contributed by atoms with van der Waals surface area (Å²) in [6, 6.07) is 6.63. The van der Waals surface area contributed by atoms with E-state index >= 15 is 0 Å². The highest BCUT2D eigenvalue weighted by Crippen LogP contribution is 2.35. The monoisotopic (exact) mass is 246 g/mol. The molecule has 0 aliphatic heterocycles. The zero-order valence-electron chi connectivity index (χ0n) is 12.0. The normalized spacial score (nSPS) is 18.5. The van der Waals surface area contributed by atoms with Gasteiger partial charge in [0, 0.05) is 0 Å². The quantitative estimate of drug-likeness (QED) is 0.843. The molecule has 1 nitrogen and oxygen atoms in total. The summed E-state index contributed by atoms with van der Waals surface area (Å²) >= 11 is 0. The molecular formula is C17H26O. The summed E-state index contributed by atoms with van der Waals surface area (Å²) in [4.78, 5) is 0. The first-order valence-corrected chi connectivity index (χ1v) is 7.44. The van der Waals surface area contributed by atoms with Crippen molar-refractivity contribution < 1.29 is 5.11 Å². The number of hydrogen-bond donors (Lipinski definition) is 1. The molecule has 1 N–H and O–H groups in total. The maximum atomic E-state index is 10.8. The van der Waals surface area contributed by atoms with Gasteiger partial charge < -0.3 is 5.11 Å². The summed E-state index contributed by atoms with van der Waals surface area (Å²) < 4.78 is 0. The lowest BCUT2D eigenvalue weighted by Gasteiger charge is -2.33. The average molecular weight is 246 g/mol. The number of rotatable bonds is 4. The van der Waals surface area contributed by atoms with E-state index in [0.29, 0.717) is 5.92 Å². The summed E-state index contributed by atoms with van der Waals surface area (Å²) in [5.41, 5.74) is 3.38. The van der Waals surface area contributed by atoms with E-state index in [9.17, 15) is 5.11 Å². The second-order valence-electron chi connectivity index (χ2n) is 5.85. The van der Waals surface area contributed by atoms with Crippen molar-refractivity contribution in [2.45, 2.75) is 64.9 Å². The molecule has 18 heavy (non-hydrogen) atoms. The second-order valence-corrected chi connectivity index (χ2v) is 5.85. The van der Waals surface area contributed by atoms with E-state index < -0.39 is 5.60 Å². The number of fused-ring (bicyclic) bond motifs is 1. The molecular weight excluding hydrogens is 220 g/mol. The standard InChI is InChI=1S/C17H26O/c1-4-15(5-2)17(3,18)16-11-10-13-8-6-7-9-14(13)12-16/h10-12,15,18H,4-9H2,1-3H3. The van der Waals surface area contributed by atoms with Gasteiger partial charge in [0.15, 0.2) is 0 Å². The van der Waals surface area contributed by atoms with E-state index in [-0.39, 0.29) is 0 Å². The molecule has 1 heteroatoms. The van der Waals surface area contributed by atoms with Crippen LogP contribution in [0.2, 0.25) is 0 Å². The predicted molar refractivity (Wildman–Crippen MR) is 76.7 cm³/mol. The molecule has 0 aromatic heterocycles. The smallest absolute Gasteiger partial charge is 0.0896 e. The molecule has 0 amide bonds. The van der Waals surface area contributed by atoms with Crippen molar-refractivity contribution in [1.82, 2.24) is 0 Å². The minimum absolute atomic E-state index is 0.346. The number of aryl methyl sites for hydroxylation is 2. The lowest BCUT2D eigenvalue weighted by Crippen LogP contribution is -2.31. The van der Waals surface area contributed by atoms with Crippen LogP contribution < -0.4 is 0 Å². The van der Waals surface area contributed by atoms with Crippen LogP contribution in [0.15, 0.2) is 18.2 Å². The Morgan fingerprint density at radius 3 is 2.33 bits per heavy atom. The molecule has 1 aromatic carbocycles. The van der Waals surface area contributed by atoms with Crippen LogP contribution in [0, 0.1) is 5.92 Å². The summed E-state index contributed by atoms with van der Waals surface area (Å²) in [6.07, 6.45) is 7.06. The van der Waals surface area contributed by atoms with Crippen LogP contribution in [-0.2, 0) is 18.4 Å². The van der Waals surface area contributed by atoms with Gasteiger partial charge in [-0.2, -0.15) is 0 Å². The first-order chi connectivity index (χ1) is 8.59. The Kier molecular flexibility index (Phi) is 4.11. The molecule has 1 unspecified atom stereocenters. The van der Waals surface area contributed by atoms with Gasteiger partial charge in [-0.05, 0) is 55.2 Å². The third-order valence-electron chi connectivity index (χ3n) is 4.71. The molecule has 1 aromatic rings. The largest absolute Gasteiger partial charge is 0.385 e. The number of benzene rings is 1. The molecule has 1 aliphatic carbocycles. The fourth-order valence-corrected chi connectivity index (χ4v) is 3.37. The van der Waals surface area contributed by atoms with E-state index in [1.54, 1.807) is 0 Å². The van der Waals surface area contributed by atoms with Crippen LogP contribution in [0.1, 0.15) is 63.1 Å². The summed E-state index contributed by atoms with van der Waals surface area (Å²) in [5, 5.41) is 10.8. The Balaban J connectivity index is 2.32. The fraction of sp³-hybridized carbons (Fsp3) is 0.647. The molecule has 100 valence electrons. The third-order valence-corrected chi connectivity index (χ3v) is 4.71. The SMILES string of the molecule is CCC(CC)C(C)(O)c1ccc2c(c1)CCCC2. The van der Waals surface area contributed by atoms with E-state index in [4.69, 9.17) is 0 Å². The second kappa shape index (κ2) is 5.44. The highest BCUT2D eigenvalue weighted by atomic mass is 16.3. The van der Waals surface area contributed by atoms with Crippen molar-refractivity contribution in [2.75, 3.05) is 0 Å². The van der Waals surface area contributed by atoms with Crippen molar-refractivity contribution in [1.29, 1.82) is 0 Å². The minimum Gasteiger partial charge on any atom is -0.385 e. The Bertz CT molecular complexity index is 402. The van der Waals surface area contributed by atoms with Gasteiger partial charge in [0.1, 0.15) is 0 Å². The Morgan fingerprint density at radius 1 is 1.11 bits per heavy atom. The van der Waals surface area contributed by atoms with E-state index in [2.05, 4.69) is 32.0 Å². The molecule has 2 rings (SSSR count). The molecule has 1 aliphatic rings. The van der Waals surface area contributed by atoms with Crippen LogP contribution in [0.4, 0.5) is 0 Å². The van der Waals surface area contributed by atoms with Crippen LogP contribution >= 0.6 is 0 Å². The predicted octanol–water partition coefficient (Wildman–Crippen LogP) is 4.21. The van der Waals surface area contributed by atoms with Gasteiger partial charge in [0.25, 0.3) is 0 Å². The molecule has 1 atom stereocenters. The van der Waals surface area contributed by atoms with Gasteiger partial charge in [-0.3, -0.25) is 0 Å². The number of hydrogen-bond acceptors (Lipinski definition) is 1. The van der Waals surface area contributed by atoms with Gasteiger partial charge in [0.2, 0.25) is 0 Å². The van der Waals surface area contributed by atoms with Gasteiger partial charge in [-0.15, -0.1) is 0 Å². The first-order valence-electron chi connectivity index (χ1n) is 7.44. The highest BCUT2D eigenvalue weighted by molar-refractivity contribution is 5.36. The molecule has 0 saturated carbocycles. The van der Waals surface area contributed by atoms with Crippen LogP contribution in [0.25, 0.3) is 0 Å². The minimum atomic E-state index is -0.685. The average Bonchev–Trinajstić information content (AvgIpc) is 2.39. The van der Waals surface area contributed by atoms with Crippen LogP contribution in [-0.4, -0.2) is 5.11 Å². The topological polar surface area (TPSA) is 20.2 Å². The molecule has 0 saturated heterocycles. The zero-order valence-corrected chi connectivity index (χ0v) is 12.0. The van der Waals surface area contributed by atoms with Crippen molar-refractivity contribution in [3.63, 3.8) is 0 Å². The molecule has 0 radical (unpaired) electrons. The molecule has 0 bridgehead atoms. The van der Waals surface area contributed by atoms with Crippen molar-refractivity contribution in [2.24, 2.45) is 5.92 Å². The maximum absolute atomic E-state index is 10.8. The van der Waals surface area contributed by atoms with Gasteiger partial charge >= 0.3 is 0 Å². The Hall–Kier alpha value is -0.820. The van der Waals surface area contributed by atoms with E-state index in [1.807, 2.05) is 6.92 Å². The van der Waals surface area contributed by atoms with Crippen molar-refractivity contribution in [3.05, 3.63) is 34.9 Å². The summed E-state index contributed by atoms with van der Waals surface area (Å²) in [7, 11) is 0. The molecule has 0 spiro atoms. The Morgan fingerprint density at radius 2 is 1.72 bits per heavy atom. The van der Waals surface area contributed by atoms with Gasteiger partial charge in [-0.1, -0.05) is 44.9 Å². The third kappa shape index (κ3) is 2.47. The van der Waals surface area contributed by atoms with Crippen LogP contribution in [0.3, 0.4) is 0 Å². The summed E-state index contributed by atoms with van der Waals surface area (Å²) in [5.74, 6) is 0.346.